The average molecular weight is 327 g/mol. The second-order valence-corrected chi connectivity index (χ2v) is 4.85. The number of aromatic amines is 2. The summed E-state index contributed by atoms with van der Waals surface area (Å²) in [6.07, 6.45) is 1.60. The van der Waals surface area contributed by atoms with E-state index in [9.17, 15) is 14.9 Å². The van der Waals surface area contributed by atoms with Crippen LogP contribution in [0.5, 0.6) is 0 Å². The first-order valence-corrected chi connectivity index (χ1v) is 7.11. The number of H-pyrrole nitrogens is 2. The smallest absolute Gasteiger partial charge is 0.354 e. The Hall–Kier alpha value is -3.49. The van der Waals surface area contributed by atoms with Crippen molar-refractivity contribution in [3.05, 3.63) is 52.3 Å². The van der Waals surface area contributed by atoms with Crippen molar-refractivity contribution < 1.29 is 14.5 Å². The Morgan fingerprint density at radius 3 is 2.71 bits per heavy atom. The number of nitro groups is 1. The lowest BCUT2D eigenvalue weighted by Crippen LogP contribution is -2.04. The number of nitrogens with zero attached hydrogens (tertiary/aromatic N) is 3. The van der Waals surface area contributed by atoms with E-state index in [-0.39, 0.29) is 12.3 Å². The van der Waals surface area contributed by atoms with Crippen LogP contribution in [0.3, 0.4) is 0 Å². The molecule has 1 aromatic carbocycles. The van der Waals surface area contributed by atoms with Gasteiger partial charge in [-0.2, -0.15) is 15.4 Å². The fraction of sp³-hybridized carbons (Fsp3) is 0.133. The SMILES string of the molecule is CCOC(=O)c1cc(-c2n[nH]nc2-c2cccc([N+](=O)[O-])c2)c[nH]1. The van der Waals surface area contributed by atoms with Crippen LogP contribution in [0.25, 0.3) is 22.5 Å². The number of hydrogen-bond donors (Lipinski definition) is 2. The standard InChI is InChI=1S/C15H13N5O4/c1-2-24-15(21)12-7-10(8-16-12)14-13(17-19-18-14)9-4-3-5-11(6-9)20(22)23/h3-8,16H,2H2,1H3,(H,17,18,19). The van der Waals surface area contributed by atoms with Crippen molar-refractivity contribution in [3.8, 4) is 22.5 Å². The molecule has 9 nitrogen and oxygen atoms in total. The molecule has 2 N–H and O–H groups in total. The molecule has 0 aliphatic carbocycles. The van der Waals surface area contributed by atoms with Crippen LogP contribution < -0.4 is 0 Å². The largest absolute Gasteiger partial charge is 0.461 e. The Morgan fingerprint density at radius 2 is 2.00 bits per heavy atom. The normalized spacial score (nSPS) is 10.5. The van der Waals surface area contributed by atoms with Crippen LogP contribution in [0.15, 0.2) is 36.5 Å². The Bertz CT molecular complexity index is 899. The number of hydrogen-bond acceptors (Lipinski definition) is 6. The molecule has 0 radical (unpaired) electrons. The highest BCUT2D eigenvalue weighted by atomic mass is 16.6. The minimum atomic E-state index is -0.474. The van der Waals surface area contributed by atoms with E-state index in [0.29, 0.717) is 28.2 Å². The minimum Gasteiger partial charge on any atom is -0.461 e. The van der Waals surface area contributed by atoms with Crippen molar-refractivity contribution in [2.45, 2.75) is 6.92 Å². The van der Waals surface area contributed by atoms with Crippen molar-refractivity contribution in [1.29, 1.82) is 0 Å². The van der Waals surface area contributed by atoms with E-state index in [1.807, 2.05) is 0 Å². The quantitative estimate of drug-likeness (QED) is 0.421. The lowest BCUT2D eigenvalue weighted by atomic mass is 10.1. The molecule has 0 spiro atoms. The molecule has 2 aromatic heterocycles. The van der Waals surface area contributed by atoms with Gasteiger partial charge in [0, 0.05) is 29.5 Å². The van der Waals surface area contributed by atoms with Crippen LogP contribution in [0.1, 0.15) is 17.4 Å². The van der Waals surface area contributed by atoms with Crippen LogP contribution in [-0.4, -0.2) is 37.9 Å². The van der Waals surface area contributed by atoms with Gasteiger partial charge in [0.2, 0.25) is 0 Å². The van der Waals surface area contributed by atoms with E-state index < -0.39 is 10.9 Å². The molecule has 0 saturated carbocycles. The van der Waals surface area contributed by atoms with Crippen LogP contribution >= 0.6 is 0 Å². The van der Waals surface area contributed by atoms with Crippen molar-refractivity contribution in [1.82, 2.24) is 20.4 Å². The summed E-state index contributed by atoms with van der Waals surface area (Å²) in [6.45, 7) is 2.00. The number of rotatable bonds is 5. The van der Waals surface area contributed by atoms with Gasteiger partial charge in [-0.15, -0.1) is 0 Å². The summed E-state index contributed by atoms with van der Waals surface area (Å²) >= 11 is 0. The van der Waals surface area contributed by atoms with E-state index in [1.54, 1.807) is 31.3 Å². The zero-order chi connectivity index (χ0) is 17.1. The Kier molecular flexibility index (Phi) is 4.06. The van der Waals surface area contributed by atoms with Gasteiger partial charge in [0.15, 0.2) is 0 Å². The monoisotopic (exact) mass is 327 g/mol. The maximum atomic E-state index is 11.7. The first kappa shape index (κ1) is 15.4. The van der Waals surface area contributed by atoms with E-state index in [1.165, 1.54) is 12.1 Å². The van der Waals surface area contributed by atoms with E-state index in [0.717, 1.165) is 0 Å². The van der Waals surface area contributed by atoms with Crippen molar-refractivity contribution in [3.63, 3.8) is 0 Å². The molecule has 122 valence electrons. The van der Waals surface area contributed by atoms with Crippen LogP contribution in [0.2, 0.25) is 0 Å². The van der Waals surface area contributed by atoms with E-state index >= 15 is 0 Å². The molecule has 0 atom stereocenters. The van der Waals surface area contributed by atoms with Crippen molar-refractivity contribution in [2.24, 2.45) is 0 Å². The summed E-state index contributed by atoms with van der Waals surface area (Å²) in [6, 6.07) is 7.69. The molecule has 9 heteroatoms. The third kappa shape index (κ3) is 2.86. The van der Waals surface area contributed by atoms with Crippen LogP contribution in [0.4, 0.5) is 5.69 Å². The molecule has 0 amide bonds. The molecule has 3 aromatic rings. The number of non-ortho nitro benzene ring substituents is 1. The van der Waals surface area contributed by atoms with Gasteiger partial charge in [-0.1, -0.05) is 12.1 Å². The second kappa shape index (κ2) is 6.32. The highest BCUT2D eigenvalue weighted by molar-refractivity contribution is 5.90. The van der Waals surface area contributed by atoms with Gasteiger partial charge in [-0.05, 0) is 13.0 Å². The molecule has 0 bridgehead atoms. The lowest BCUT2D eigenvalue weighted by molar-refractivity contribution is -0.384. The number of benzene rings is 1. The zero-order valence-electron chi connectivity index (χ0n) is 12.6. The van der Waals surface area contributed by atoms with Gasteiger partial charge in [0.05, 0.1) is 11.5 Å². The topological polar surface area (TPSA) is 127 Å². The van der Waals surface area contributed by atoms with Gasteiger partial charge in [0.1, 0.15) is 17.1 Å². The number of carbonyl (C=O) groups excluding carboxylic acids is 1. The van der Waals surface area contributed by atoms with Gasteiger partial charge in [-0.25, -0.2) is 4.79 Å². The molecular weight excluding hydrogens is 314 g/mol. The van der Waals surface area contributed by atoms with E-state index in [4.69, 9.17) is 4.74 Å². The maximum absolute atomic E-state index is 11.7. The lowest BCUT2D eigenvalue weighted by Gasteiger charge is -1.99. The number of aromatic nitrogens is 4. The van der Waals surface area contributed by atoms with Crippen LogP contribution in [-0.2, 0) is 4.74 Å². The molecule has 0 aliphatic rings. The molecular formula is C15H13N5O4. The number of ether oxygens (including phenoxy) is 1. The predicted molar refractivity (Wildman–Crippen MR) is 84.2 cm³/mol. The Labute approximate surface area is 135 Å². The minimum absolute atomic E-state index is 0.0391. The average Bonchev–Trinajstić information content (AvgIpc) is 3.24. The highest BCUT2D eigenvalue weighted by Gasteiger charge is 2.18. The van der Waals surface area contributed by atoms with Gasteiger partial charge < -0.3 is 9.72 Å². The summed E-state index contributed by atoms with van der Waals surface area (Å²) in [5.74, 6) is -0.468. The molecule has 0 saturated heterocycles. The van der Waals surface area contributed by atoms with Gasteiger partial charge in [-0.3, -0.25) is 10.1 Å². The second-order valence-electron chi connectivity index (χ2n) is 4.85. The number of carbonyl (C=O) groups is 1. The number of nitro benzene ring substituents is 1. The highest BCUT2D eigenvalue weighted by Crippen LogP contribution is 2.30. The Balaban J connectivity index is 1.98. The fourth-order valence-electron chi connectivity index (χ4n) is 2.26. The van der Waals surface area contributed by atoms with Gasteiger partial charge in [0.25, 0.3) is 5.69 Å². The molecule has 3 rings (SSSR count). The zero-order valence-corrected chi connectivity index (χ0v) is 12.6. The molecule has 24 heavy (non-hydrogen) atoms. The molecule has 0 aliphatic heterocycles. The van der Waals surface area contributed by atoms with Crippen molar-refractivity contribution >= 4 is 11.7 Å². The molecule has 2 heterocycles. The van der Waals surface area contributed by atoms with Crippen molar-refractivity contribution in [2.75, 3.05) is 6.61 Å². The predicted octanol–water partition coefficient (Wildman–Crippen LogP) is 2.55. The van der Waals surface area contributed by atoms with E-state index in [2.05, 4.69) is 20.4 Å². The summed E-state index contributed by atoms with van der Waals surface area (Å²) in [4.78, 5) is 25.0. The number of esters is 1. The Morgan fingerprint density at radius 1 is 1.25 bits per heavy atom. The summed E-state index contributed by atoms with van der Waals surface area (Å²) < 4.78 is 4.93. The van der Waals surface area contributed by atoms with Crippen LogP contribution in [0, 0.1) is 10.1 Å². The summed E-state index contributed by atoms with van der Waals surface area (Å²) in [7, 11) is 0. The third-order valence-electron chi connectivity index (χ3n) is 3.33. The third-order valence-corrected chi connectivity index (χ3v) is 3.33. The summed E-state index contributed by atoms with van der Waals surface area (Å²) in [5, 5.41) is 21.6. The first-order chi connectivity index (χ1) is 11.6. The van der Waals surface area contributed by atoms with Gasteiger partial charge >= 0.3 is 5.97 Å². The maximum Gasteiger partial charge on any atom is 0.354 e. The number of nitrogens with one attached hydrogen (secondary N) is 2. The molecule has 0 fully saturated rings. The summed E-state index contributed by atoms with van der Waals surface area (Å²) in [5.41, 5.74) is 2.35. The first-order valence-electron chi connectivity index (χ1n) is 7.11. The fourth-order valence-corrected chi connectivity index (χ4v) is 2.26. The molecule has 0 unspecified atom stereocenters.